The van der Waals surface area contributed by atoms with Crippen LogP contribution in [0, 0.1) is 0 Å². The molecule has 24 heavy (non-hydrogen) atoms. The maximum Gasteiger partial charge on any atom is 0.213 e. The fourth-order valence-corrected chi connectivity index (χ4v) is 5.62. The van der Waals surface area contributed by atoms with E-state index >= 15 is 0 Å². The van der Waals surface area contributed by atoms with Gasteiger partial charge in [-0.15, -0.1) is 0 Å². The molecule has 0 bridgehead atoms. The van der Waals surface area contributed by atoms with Crippen molar-refractivity contribution in [3.8, 4) is 0 Å². The van der Waals surface area contributed by atoms with Gasteiger partial charge in [0.2, 0.25) is 10.0 Å². The minimum Gasteiger partial charge on any atom is -0.296 e. The van der Waals surface area contributed by atoms with Gasteiger partial charge in [0.15, 0.2) is 0 Å². The fourth-order valence-electron chi connectivity index (χ4n) is 4.41. The molecule has 0 N–H and O–H groups in total. The molecule has 2 heterocycles. The van der Waals surface area contributed by atoms with E-state index in [1.165, 1.54) is 12.0 Å². The SMILES string of the molecule is CCS(=O)(=O)N1CCC[C@]2(CCCN2CCCc2ccccc2)C1. The number of nitrogens with zero attached hydrogens (tertiary/aromatic N) is 2. The average Bonchev–Trinajstić information content (AvgIpc) is 2.98. The molecule has 5 heteroatoms. The van der Waals surface area contributed by atoms with E-state index in [9.17, 15) is 8.42 Å². The predicted molar refractivity (Wildman–Crippen MR) is 98.6 cm³/mol. The van der Waals surface area contributed by atoms with Crippen LogP contribution in [-0.2, 0) is 16.4 Å². The van der Waals surface area contributed by atoms with E-state index in [0.717, 1.165) is 45.2 Å². The van der Waals surface area contributed by atoms with E-state index in [-0.39, 0.29) is 11.3 Å². The number of rotatable bonds is 6. The number of likely N-dealkylation sites (tertiary alicyclic amines) is 1. The van der Waals surface area contributed by atoms with Crippen molar-refractivity contribution in [3.63, 3.8) is 0 Å². The van der Waals surface area contributed by atoms with Crippen molar-refractivity contribution < 1.29 is 8.42 Å². The highest BCUT2D eigenvalue weighted by Crippen LogP contribution is 2.38. The Hall–Kier alpha value is -0.910. The van der Waals surface area contributed by atoms with E-state index in [2.05, 4.69) is 35.2 Å². The molecular weight excluding hydrogens is 320 g/mol. The van der Waals surface area contributed by atoms with E-state index < -0.39 is 10.0 Å². The number of piperidine rings is 1. The first kappa shape index (κ1) is 17.9. The summed E-state index contributed by atoms with van der Waals surface area (Å²) in [5.41, 5.74) is 1.49. The Bertz CT molecular complexity index is 632. The van der Waals surface area contributed by atoms with Crippen molar-refractivity contribution in [2.45, 2.75) is 51.0 Å². The highest BCUT2D eigenvalue weighted by atomic mass is 32.2. The van der Waals surface area contributed by atoms with Gasteiger partial charge in [0.25, 0.3) is 0 Å². The normalized spacial score (nSPS) is 26.2. The monoisotopic (exact) mass is 350 g/mol. The zero-order chi connectivity index (χ0) is 17.0. The van der Waals surface area contributed by atoms with Gasteiger partial charge in [0.05, 0.1) is 5.75 Å². The first-order valence-corrected chi connectivity index (χ1v) is 10.9. The maximum atomic E-state index is 12.3. The minimum absolute atomic E-state index is 0.0944. The van der Waals surface area contributed by atoms with Gasteiger partial charge in [-0.1, -0.05) is 30.3 Å². The van der Waals surface area contributed by atoms with Gasteiger partial charge in [-0.3, -0.25) is 4.90 Å². The molecule has 1 aromatic carbocycles. The van der Waals surface area contributed by atoms with Crippen LogP contribution in [0.15, 0.2) is 30.3 Å². The molecule has 2 aliphatic rings. The molecule has 0 saturated carbocycles. The molecule has 0 unspecified atom stereocenters. The van der Waals surface area contributed by atoms with Gasteiger partial charge in [-0.25, -0.2) is 12.7 Å². The van der Waals surface area contributed by atoms with E-state index in [1.54, 1.807) is 11.2 Å². The number of benzene rings is 1. The molecule has 0 amide bonds. The lowest BCUT2D eigenvalue weighted by Gasteiger charge is -2.45. The Morgan fingerprint density at radius 3 is 2.50 bits per heavy atom. The van der Waals surface area contributed by atoms with Crippen LogP contribution in [0.25, 0.3) is 0 Å². The van der Waals surface area contributed by atoms with Gasteiger partial charge in [-0.2, -0.15) is 0 Å². The molecule has 0 aliphatic carbocycles. The summed E-state index contributed by atoms with van der Waals surface area (Å²) in [6.45, 7) is 5.36. The standard InChI is InChI=1S/C19H30N2O2S/c1-2-24(22,23)21-16-8-13-19(17-21)12-7-15-20(19)14-6-11-18-9-4-3-5-10-18/h3-5,9-10H,2,6-8,11-17H2,1H3/t19-/m1/s1. The molecule has 4 nitrogen and oxygen atoms in total. The Kier molecular flexibility index (Phi) is 5.63. The highest BCUT2D eigenvalue weighted by molar-refractivity contribution is 7.89. The first-order valence-electron chi connectivity index (χ1n) is 9.33. The highest BCUT2D eigenvalue weighted by Gasteiger charge is 2.45. The van der Waals surface area contributed by atoms with E-state index in [4.69, 9.17) is 0 Å². The molecule has 0 radical (unpaired) electrons. The second kappa shape index (κ2) is 7.54. The summed E-state index contributed by atoms with van der Waals surface area (Å²) in [5.74, 6) is 0.219. The van der Waals surface area contributed by atoms with Crippen LogP contribution >= 0.6 is 0 Å². The van der Waals surface area contributed by atoms with Crippen LogP contribution in [-0.4, -0.2) is 55.1 Å². The van der Waals surface area contributed by atoms with Gasteiger partial charge in [0.1, 0.15) is 0 Å². The Balaban J connectivity index is 1.61. The number of hydrogen-bond acceptors (Lipinski definition) is 3. The van der Waals surface area contributed by atoms with Crippen LogP contribution in [0.1, 0.15) is 44.6 Å². The third kappa shape index (κ3) is 3.84. The molecule has 1 atom stereocenters. The molecule has 2 saturated heterocycles. The number of aryl methyl sites for hydroxylation is 1. The van der Waals surface area contributed by atoms with Crippen LogP contribution in [0.3, 0.4) is 0 Å². The molecule has 2 fully saturated rings. The van der Waals surface area contributed by atoms with Crippen molar-refractivity contribution in [1.29, 1.82) is 0 Å². The third-order valence-electron chi connectivity index (χ3n) is 5.76. The zero-order valence-corrected chi connectivity index (χ0v) is 15.6. The summed E-state index contributed by atoms with van der Waals surface area (Å²) < 4.78 is 26.4. The van der Waals surface area contributed by atoms with E-state index in [1.807, 2.05) is 0 Å². The molecule has 1 spiro atoms. The van der Waals surface area contributed by atoms with Crippen LogP contribution < -0.4 is 0 Å². The molecule has 134 valence electrons. The van der Waals surface area contributed by atoms with Crippen molar-refractivity contribution in [3.05, 3.63) is 35.9 Å². The Labute approximate surface area is 146 Å². The molecular formula is C19H30N2O2S. The molecule has 3 rings (SSSR count). The quantitative estimate of drug-likeness (QED) is 0.792. The molecule has 1 aromatic rings. The van der Waals surface area contributed by atoms with Crippen LogP contribution in [0.4, 0.5) is 0 Å². The Morgan fingerprint density at radius 2 is 1.79 bits per heavy atom. The second-order valence-electron chi connectivity index (χ2n) is 7.24. The molecule has 2 aliphatic heterocycles. The summed E-state index contributed by atoms with van der Waals surface area (Å²) in [5, 5.41) is 0. The summed E-state index contributed by atoms with van der Waals surface area (Å²) >= 11 is 0. The summed E-state index contributed by atoms with van der Waals surface area (Å²) in [4.78, 5) is 2.59. The first-order chi connectivity index (χ1) is 11.6. The van der Waals surface area contributed by atoms with E-state index in [0.29, 0.717) is 13.1 Å². The zero-order valence-electron chi connectivity index (χ0n) is 14.8. The minimum atomic E-state index is -3.06. The average molecular weight is 351 g/mol. The smallest absolute Gasteiger partial charge is 0.213 e. The van der Waals surface area contributed by atoms with Crippen LogP contribution in [0.5, 0.6) is 0 Å². The van der Waals surface area contributed by atoms with Gasteiger partial charge >= 0.3 is 0 Å². The lowest BCUT2D eigenvalue weighted by molar-refractivity contribution is 0.0732. The number of sulfonamides is 1. The van der Waals surface area contributed by atoms with Crippen molar-refractivity contribution in [2.75, 3.05) is 31.9 Å². The van der Waals surface area contributed by atoms with Crippen molar-refractivity contribution >= 4 is 10.0 Å². The summed E-state index contributed by atoms with van der Waals surface area (Å²) in [6.07, 6.45) is 6.73. The lowest BCUT2D eigenvalue weighted by Crippen LogP contribution is -2.57. The van der Waals surface area contributed by atoms with Crippen molar-refractivity contribution in [1.82, 2.24) is 9.21 Å². The van der Waals surface area contributed by atoms with Crippen LogP contribution in [0.2, 0.25) is 0 Å². The summed E-state index contributed by atoms with van der Waals surface area (Å²) in [6, 6.07) is 10.6. The Morgan fingerprint density at radius 1 is 1.08 bits per heavy atom. The van der Waals surface area contributed by atoms with Gasteiger partial charge < -0.3 is 0 Å². The van der Waals surface area contributed by atoms with Gasteiger partial charge in [-0.05, 0) is 64.1 Å². The lowest BCUT2D eigenvalue weighted by atomic mass is 9.87. The summed E-state index contributed by atoms with van der Waals surface area (Å²) in [7, 11) is -3.06. The maximum absolute atomic E-state index is 12.3. The molecule has 0 aromatic heterocycles. The topological polar surface area (TPSA) is 40.6 Å². The largest absolute Gasteiger partial charge is 0.296 e. The second-order valence-corrected chi connectivity index (χ2v) is 9.50. The van der Waals surface area contributed by atoms with Gasteiger partial charge in [0, 0.05) is 18.6 Å². The van der Waals surface area contributed by atoms with Crippen molar-refractivity contribution in [2.24, 2.45) is 0 Å². The third-order valence-corrected chi connectivity index (χ3v) is 7.58. The predicted octanol–water partition coefficient (Wildman–Crippen LogP) is 2.90. The fraction of sp³-hybridized carbons (Fsp3) is 0.684. The number of hydrogen-bond donors (Lipinski definition) is 0.